The average molecular weight is 191 g/mol. The molecule has 3 heteroatoms. The normalized spacial score (nSPS) is 21.6. The lowest BCUT2D eigenvalue weighted by Crippen LogP contribution is -2.30. The second-order valence-electron chi connectivity index (χ2n) is 3.64. The summed E-state index contributed by atoms with van der Waals surface area (Å²) in [6.45, 7) is 2.00. The predicted octanol–water partition coefficient (Wildman–Crippen LogP) is 1.91. The van der Waals surface area contributed by atoms with Gasteiger partial charge in [0.25, 0.3) is 0 Å². The van der Waals surface area contributed by atoms with Crippen LogP contribution in [0.25, 0.3) is 0 Å². The first-order valence-corrected chi connectivity index (χ1v) is 4.80. The van der Waals surface area contributed by atoms with E-state index in [-0.39, 0.29) is 17.7 Å². The first kappa shape index (κ1) is 9.06. The Hall–Kier alpha value is -1.51. The van der Waals surface area contributed by atoms with E-state index in [1.807, 2.05) is 13.0 Å². The van der Waals surface area contributed by atoms with Crippen molar-refractivity contribution in [1.29, 1.82) is 0 Å². The van der Waals surface area contributed by atoms with Gasteiger partial charge in [0, 0.05) is 12.5 Å². The van der Waals surface area contributed by atoms with Gasteiger partial charge in [-0.05, 0) is 25.5 Å². The molecule has 2 rings (SSSR count). The molecule has 1 amide bonds. The second kappa shape index (κ2) is 3.33. The van der Waals surface area contributed by atoms with Crippen molar-refractivity contribution >= 4 is 11.6 Å². The van der Waals surface area contributed by atoms with Crippen LogP contribution in [-0.2, 0) is 4.79 Å². The smallest absolute Gasteiger partial charge is 0.227 e. The van der Waals surface area contributed by atoms with E-state index in [1.165, 1.54) is 0 Å². The van der Waals surface area contributed by atoms with Gasteiger partial charge in [0.15, 0.2) is 0 Å². The lowest BCUT2D eigenvalue weighted by Gasteiger charge is -2.22. The molecule has 0 aromatic heterocycles. The van der Waals surface area contributed by atoms with Crippen LogP contribution in [0.1, 0.15) is 19.8 Å². The SMILES string of the molecule is CC1CCC(=O)N1c1ccccc1O. The summed E-state index contributed by atoms with van der Waals surface area (Å²) in [5.41, 5.74) is 0.627. The number of hydrogen-bond donors (Lipinski definition) is 1. The van der Waals surface area contributed by atoms with Crippen LogP contribution in [0.15, 0.2) is 24.3 Å². The molecule has 0 aliphatic carbocycles. The molecule has 14 heavy (non-hydrogen) atoms. The minimum Gasteiger partial charge on any atom is -0.506 e. The summed E-state index contributed by atoms with van der Waals surface area (Å²) >= 11 is 0. The number of aromatic hydroxyl groups is 1. The van der Waals surface area contributed by atoms with Crippen LogP contribution in [-0.4, -0.2) is 17.1 Å². The highest BCUT2D eigenvalue weighted by molar-refractivity contribution is 5.97. The zero-order chi connectivity index (χ0) is 10.1. The average Bonchev–Trinajstić information content (AvgIpc) is 2.48. The zero-order valence-corrected chi connectivity index (χ0v) is 8.10. The summed E-state index contributed by atoms with van der Waals surface area (Å²) in [5, 5.41) is 9.61. The van der Waals surface area contributed by atoms with E-state index in [4.69, 9.17) is 0 Å². The van der Waals surface area contributed by atoms with Crippen molar-refractivity contribution in [2.45, 2.75) is 25.8 Å². The third kappa shape index (κ3) is 1.35. The van der Waals surface area contributed by atoms with Gasteiger partial charge in [-0.15, -0.1) is 0 Å². The zero-order valence-electron chi connectivity index (χ0n) is 8.10. The molecule has 1 N–H and O–H groups in total. The van der Waals surface area contributed by atoms with Crippen LogP contribution < -0.4 is 4.90 Å². The summed E-state index contributed by atoms with van der Waals surface area (Å²) in [7, 11) is 0. The number of carbonyl (C=O) groups excluding carboxylic acids is 1. The maximum absolute atomic E-state index is 11.6. The number of hydrogen-bond acceptors (Lipinski definition) is 2. The number of rotatable bonds is 1. The van der Waals surface area contributed by atoms with Crippen molar-refractivity contribution in [1.82, 2.24) is 0 Å². The minimum atomic E-state index is 0.0963. The summed E-state index contributed by atoms with van der Waals surface area (Å²) in [5.74, 6) is 0.272. The van der Waals surface area contributed by atoms with E-state index >= 15 is 0 Å². The number of anilines is 1. The van der Waals surface area contributed by atoms with E-state index in [1.54, 1.807) is 23.1 Å². The molecule has 0 radical (unpaired) electrons. The van der Waals surface area contributed by atoms with Gasteiger partial charge in [-0.3, -0.25) is 4.79 Å². The highest BCUT2D eigenvalue weighted by Gasteiger charge is 2.29. The van der Waals surface area contributed by atoms with E-state index in [0.29, 0.717) is 12.1 Å². The van der Waals surface area contributed by atoms with Crippen molar-refractivity contribution in [2.24, 2.45) is 0 Å². The minimum absolute atomic E-state index is 0.0963. The summed E-state index contributed by atoms with van der Waals surface area (Å²) in [4.78, 5) is 13.2. The molecule has 1 fully saturated rings. The number of para-hydroxylation sites is 2. The van der Waals surface area contributed by atoms with Crippen molar-refractivity contribution in [3.8, 4) is 5.75 Å². The highest BCUT2D eigenvalue weighted by atomic mass is 16.3. The molecule has 0 spiro atoms. The van der Waals surface area contributed by atoms with Gasteiger partial charge >= 0.3 is 0 Å². The molecule has 1 heterocycles. The summed E-state index contributed by atoms with van der Waals surface area (Å²) < 4.78 is 0. The summed E-state index contributed by atoms with van der Waals surface area (Å²) in [6.07, 6.45) is 1.45. The lowest BCUT2D eigenvalue weighted by molar-refractivity contribution is -0.117. The molecule has 1 aromatic carbocycles. The molecule has 1 aliphatic rings. The first-order chi connectivity index (χ1) is 6.70. The van der Waals surface area contributed by atoms with Crippen LogP contribution in [0, 0.1) is 0 Å². The van der Waals surface area contributed by atoms with E-state index < -0.39 is 0 Å². The maximum Gasteiger partial charge on any atom is 0.227 e. The number of benzene rings is 1. The Labute approximate surface area is 83.0 Å². The van der Waals surface area contributed by atoms with Gasteiger partial charge in [-0.1, -0.05) is 12.1 Å². The first-order valence-electron chi connectivity index (χ1n) is 4.80. The molecule has 0 saturated carbocycles. The topological polar surface area (TPSA) is 40.5 Å². The molecular weight excluding hydrogens is 178 g/mol. The fourth-order valence-corrected chi connectivity index (χ4v) is 1.87. The maximum atomic E-state index is 11.6. The van der Waals surface area contributed by atoms with Crippen LogP contribution in [0.5, 0.6) is 5.75 Å². The van der Waals surface area contributed by atoms with Gasteiger partial charge in [-0.2, -0.15) is 0 Å². The molecule has 1 atom stereocenters. The van der Waals surface area contributed by atoms with E-state index in [9.17, 15) is 9.90 Å². The van der Waals surface area contributed by atoms with Crippen molar-refractivity contribution < 1.29 is 9.90 Å². The standard InChI is InChI=1S/C11H13NO2/c1-8-6-7-11(14)12(8)9-4-2-3-5-10(9)13/h2-5,8,13H,6-7H2,1H3. The number of phenolic OH excluding ortho intramolecular Hbond substituents is 1. The molecular formula is C11H13NO2. The Morgan fingerprint density at radius 1 is 1.43 bits per heavy atom. The molecule has 1 saturated heterocycles. The third-order valence-electron chi connectivity index (χ3n) is 2.63. The Kier molecular flexibility index (Phi) is 2.15. The fraction of sp³-hybridized carbons (Fsp3) is 0.364. The van der Waals surface area contributed by atoms with Gasteiger partial charge in [0.05, 0.1) is 5.69 Å². The van der Waals surface area contributed by atoms with Crippen molar-refractivity contribution in [2.75, 3.05) is 4.90 Å². The van der Waals surface area contributed by atoms with Crippen LogP contribution in [0.3, 0.4) is 0 Å². The largest absolute Gasteiger partial charge is 0.506 e. The number of phenols is 1. The summed E-state index contributed by atoms with van der Waals surface area (Å²) in [6, 6.07) is 7.15. The van der Waals surface area contributed by atoms with E-state index in [2.05, 4.69) is 0 Å². The predicted molar refractivity (Wildman–Crippen MR) is 54.3 cm³/mol. The number of carbonyl (C=O) groups is 1. The Balaban J connectivity index is 2.39. The van der Waals surface area contributed by atoms with Gasteiger partial charge < -0.3 is 10.0 Å². The van der Waals surface area contributed by atoms with Crippen molar-refractivity contribution in [3.63, 3.8) is 0 Å². The number of amides is 1. The molecule has 1 unspecified atom stereocenters. The Morgan fingerprint density at radius 3 is 2.71 bits per heavy atom. The fourth-order valence-electron chi connectivity index (χ4n) is 1.87. The monoisotopic (exact) mass is 191 g/mol. The molecule has 0 bridgehead atoms. The quantitative estimate of drug-likeness (QED) is 0.736. The molecule has 1 aliphatic heterocycles. The van der Waals surface area contributed by atoms with Crippen LogP contribution in [0.2, 0.25) is 0 Å². The third-order valence-corrected chi connectivity index (χ3v) is 2.63. The van der Waals surface area contributed by atoms with Gasteiger partial charge in [-0.25, -0.2) is 0 Å². The number of nitrogens with zero attached hydrogens (tertiary/aromatic N) is 1. The Morgan fingerprint density at radius 2 is 2.14 bits per heavy atom. The van der Waals surface area contributed by atoms with E-state index in [0.717, 1.165) is 6.42 Å². The Bertz CT molecular complexity index is 362. The van der Waals surface area contributed by atoms with Gasteiger partial charge in [0.1, 0.15) is 5.75 Å². The van der Waals surface area contributed by atoms with Crippen LogP contribution >= 0.6 is 0 Å². The molecule has 74 valence electrons. The second-order valence-corrected chi connectivity index (χ2v) is 3.64. The molecule has 1 aromatic rings. The van der Waals surface area contributed by atoms with Crippen LogP contribution in [0.4, 0.5) is 5.69 Å². The highest BCUT2D eigenvalue weighted by Crippen LogP contribution is 2.32. The van der Waals surface area contributed by atoms with Gasteiger partial charge in [0.2, 0.25) is 5.91 Å². The molecule has 3 nitrogen and oxygen atoms in total. The van der Waals surface area contributed by atoms with Crippen molar-refractivity contribution in [3.05, 3.63) is 24.3 Å². The lowest BCUT2D eigenvalue weighted by atomic mass is 10.2.